The van der Waals surface area contributed by atoms with E-state index in [4.69, 9.17) is 0 Å². The Balaban J connectivity index is 2.37. The van der Waals surface area contributed by atoms with Crippen LogP contribution in [0.4, 0.5) is 0 Å². The van der Waals surface area contributed by atoms with Crippen LogP contribution in [0.3, 0.4) is 0 Å². The average molecular weight is 221 g/mol. The Bertz CT molecular complexity index is 373. The molecule has 1 aliphatic rings. The van der Waals surface area contributed by atoms with Crippen LogP contribution in [0.15, 0.2) is 12.3 Å². The van der Waals surface area contributed by atoms with Crippen molar-refractivity contribution >= 4 is 0 Å². The van der Waals surface area contributed by atoms with Crippen LogP contribution in [-0.2, 0) is 6.42 Å². The van der Waals surface area contributed by atoms with Gasteiger partial charge in [0.05, 0.1) is 6.10 Å². The van der Waals surface area contributed by atoms with Gasteiger partial charge < -0.3 is 9.67 Å². The molecule has 2 unspecified atom stereocenters. The summed E-state index contributed by atoms with van der Waals surface area (Å²) in [4.78, 5) is 0. The first-order valence-corrected chi connectivity index (χ1v) is 6.29. The van der Waals surface area contributed by atoms with Gasteiger partial charge in [-0.05, 0) is 37.7 Å². The number of rotatable bonds is 1. The molecule has 2 heteroatoms. The molecule has 2 atom stereocenters. The van der Waals surface area contributed by atoms with Gasteiger partial charge in [-0.15, -0.1) is 0 Å². The van der Waals surface area contributed by atoms with Crippen LogP contribution >= 0.6 is 0 Å². The number of hydrogen-bond donors (Lipinski definition) is 1. The first-order chi connectivity index (χ1) is 7.41. The summed E-state index contributed by atoms with van der Waals surface area (Å²) in [5.41, 5.74) is 2.76. The maximum Gasteiger partial charge on any atom is 0.0807 e. The van der Waals surface area contributed by atoms with E-state index in [2.05, 4.69) is 44.5 Å². The number of hydrogen-bond acceptors (Lipinski definition) is 1. The van der Waals surface area contributed by atoms with E-state index in [1.54, 1.807) is 0 Å². The van der Waals surface area contributed by atoms with Gasteiger partial charge in [0.1, 0.15) is 0 Å². The standard InChI is InChI=1S/C14H23NO/c1-10(14(2,3)4)15-9-8-11-12(15)6-5-7-13(11)16/h8-10,13,16H,5-7H2,1-4H3. The van der Waals surface area contributed by atoms with Gasteiger partial charge in [0.15, 0.2) is 0 Å². The Kier molecular flexibility index (Phi) is 2.87. The first kappa shape index (κ1) is 11.7. The minimum atomic E-state index is -0.239. The third-order valence-electron chi connectivity index (χ3n) is 3.98. The number of nitrogens with zero attached hydrogens (tertiary/aromatic N) is 1. The molecule has 1 aromatic rings. The van der Waals surface area contributed by atoms with Crippen LogP contribution < -0.4 is 0 Å². The topological polar surface area (TPSA) is 25.2 Å². The quantitative estimate of drug-likeness (QED) is 0.772. The predicted octanol–water partition coefficient (Wildman–Crippen LogP) is 3.46. The van der Waals surface area contributed by atoms with Gasteiger partial charge >= 0.3 is 0 Å². The maximum absolute atomic E-state index is 9.95. The van der Waals surface area contributed by atoms with E-state index in [1.165, 1.54) is 5.69 Å². The molecule has 0 saturated carbocycles. The van der Waals surface area contributed by atoms with Crippen molar-refractivity contribution in [2.24, 2.45) is 5.41 Å². The fourth-order valence-electron chi connectivity index (χ4n) is 2.47. The van der Waals surface area contributed by atoms with Crippen LogP contribution in [0.2, 0.25) is 0 Å². The second kappa shape index (κ2) is 3.92. The van der Waals surface area contributed by atoms with Gasteiger partial charge in [0, 0.05) is 23.5 Å². The van der Waals surface area contributed by atoms with Crippen LogP contribution in [-0.4, -0.2) is 9.67 Å². The summed E-state index contributed by atoms with van der Waals surface area (Å²) in [7, 11) is 0. The van der Waals surface area contributed by atoms with Crippen LogP contribution in [0, 0.1) is 5.41 Å². The molecule has 90 valence electrons. The SMILES string of the molecule is CC(n1ccc2c1CCCC2O)C(C)(C)C. The van der Waals surface area contributed by atoms with Gasteiger partial charge in [-0.1, -0.05) is 20.8 Å². The minimum Gasteiger partial charge on any atom is -0.388 e. The second-order valence-corrected chi connectivity index (χ2v) is 6.08. The molecule has 16 heavy (non-hydrogen) atoms. The van der Waals surface area contributed by atoms with E-state index in [1.807, 2.05) is 0 Å². The fourth-order valence-corrected chi connectivity index (χ4v) is 2.47. The Hall–Kier alpha value is -0.760. The summed E-state index contributed by atoms with van der Waals surface area (Å²) in [6, 6.07) is 2.57. The van der Waals surface area contributed by atoms with E-state index in [0.717, 1.165) is 24.8 Å². The highest BCUT2D eigenvalue weighted by Gasteiger charge is 2.27. The van der Waals surface area contributed by atoms with Crippen molar-refractivity contribution in [3.63, 3.8) is 0 Å². The molecule has 0 aliphatic heterocycles. The van der Waals surface area contributed by atoms with E-state index in [0.29, 0.717) is 6.04 Å². The average Bonchev–Trinajstić information content (AvgIpc) is 2.60. The summed E-state index contributed by atoms with van der Waals surface area (Å²) >= 11 is 0. The molecule has 2 nitrogen and oxygen atoms in total. The Labute approximate surface area is 98.3 Å². The van der Waals surface area contributed by atoms with Gasteiger partial charge in [-0.3, -0.25) is 0 Å². The Morgan fingerprint density at radius 1 is 1.44 bits per heavy atom. The summed E-state index contributed by atoms with van der Waals surface area (Å²) in [5, 5.41) is 9.95. The smallest absolute Gasteiger partial charge is 0.0807 e. The molecule has 0 fully saturated rings. The molecule has 0 spiro atoms. The predicted molar refractivity (Wildman–Crippen MR) is 66.5 cm³/mol. The monoisotopic (exact) mass is 221 g/mol. The molecule has 1 N–H and O–H groups in total. The second-order valence-electron chi connectivity index (χ2n) is 6.08. The van der Waals surface area contributed by atoms with Crippen molar-refractivity contribution in [2.75, 3.05) is 0 Å². The highest BCUT2D eigenvalue weighted by atomic mass is 16.3. The van der Waals surface area contributed by atoms with E-state index in [9.17, 15) is 5.11 Å². The Morgan fingerprint density at radius 2 is 2.12 bits per heavy atom. The van der Waals surface area contributed by atoms with Crippen LogP contribution in [0.1, 0.15) is 63.9 Å². The van der Waals surface area contributed by atoms with Crippen molar-refractivity contribution in [3.8, 4) is 0 Å². The van der Waals surface area contributed by atoms with Gasteiger partial charge in [0.25, 0.3) is 0 Å². The van der Waals surface area contributed by atoms with Crippen molar-refractivity contribution in [2.45, 2.75) is 59.1 Å². The Morgan fingerprint density at radius 3 is 2.75 bits per heavy atom. The van der Waals surface area contributed by atoms with Crippen molar-refractivity contribution in [3.05, 3.63) is 23.5 Å². The molecule has 1 heterocycles. The van der Waals surface area contributed by atoms with Crippen molar-refractivity contribution < 1.29 is 5.11 Å². The molecule has 1 aliphatic carbocycles. The number of aromatic nitrogens is 1. The highest BCUT2D eigenvalue weighted by Crippen LogP contribution is 2.36. The van der Waals surface area contributed by atoms with E-state index in [-0.39, 0.29) is 11.5 Å². The van der Waals surface area contributed by atoms with Crippen LogP contribution in [0.5, 0.6) is 0 Å². The van der Waals surface area contributed by atoms with E-state index < -0.39 is 0 Å². The van der Waals surface area contributed by atoms with Crippen molar-refractivity contribution in [1.29, 1.82) is 0 Å². The third-order valence-corrected chi connectivity index (χ3v) is 3.98. The van der Waals surface area contributed by atoms with Gasteiger partial charge in [-0.25, -0.2) is 0 Å². The zero-order valence-corrected chi connectivity index (χ0v) is 10.8. The number of aliphatic hydroxyl groups is 1. The first-order valence-electron chi connectivity index (χ1n) is 6.29. The number of fused-ring (bicyclic) bond motifs is 1. The largest absolute Gasteiger partial charge is 0.388 e. The minimum absolute atomic E-state index is 0.239. The van der Waals surface area contributed by atoms with E-state index >= 15 is 0 Å². The molecule has 0 bridgehead atoms. The molecule has 0 amide bonds. The molecule has 0 radical (unpaired) electrons. The zero-order valence-electron chi connectivity index (χ0n) is 10.8. The lowest BCUT2D eigenvalue weighted by Crippen LogP contribution is -2.24. The number of aliphatic hydroxyl groups excluding tert-OH is 1. The molecular weight excluding hydrogens is 198 g/mol. The maximum atomic E-state index is 9.95. The normalized spacial score (nSPS) is 22.9. The molecular formula is C14H23NO. The zero-order chi connectivity index (χ0) is 11.9. The fraction of sp³-hybridized carbons (Fsp3) is 0.714. The van der Waals surface area contributed by atoms with Gasteiger partial charge in [-0.2, -0.15) is 0 Å². The van der Waals surface area contributed by atoms with Crippen molar-refractivity contribution in [1.82, 2.24) is 4.57 Å². The summed E-state index contributed by atoms with van der Waals surface area (Å²) < 4.78 is 2.36. The van der Waals surface area contributed by atoms with Gasteiger partial charge in [0.2, 0.25) is 0 Å². The summed E-state index contributed by atoms with van der Waals surface area (Å²) in [6.07, 6.45) is 5.04. The lowest BCUT2D eigenvalue weighted by Gasteiger charge is -2.32. The lowest BCUT2D eigenvalue weighted by atomic mass is 9.87. The summed E-state index contributed by atoms with van der Waals surface area (Å²) in [5.74, 6) is 0. The molecule has 2 rings (SSSR count). The lowest BCUT2D eigenvalue weighted by molar-refractivity contribution is 0.153. The molecule has 0 saturated heterocycles. The van der Waals surface area contributed by atoms with Crippen LogP contribution in [0.25, 0.3) is 0 Å². The summed E-state index contributed by atoms with van der Waals surface area (Å²) in [6.45, 7) is 9.07. The third kappa shape index (κ3) is 1.91. The molecule has 0 aromatic carbocycles. The highest BCUT2D eigenvalue weighted by molar-refractivity contribution is 5.28. The molecule has 1 aromatic heterocycles.